The molecule has 10 heteroatoms. The smallest absolute Gasteiger partial charge is 0.393 e. The fourth-order valence-corrected chi connectivity index (χ4v) is 7.82. The molecule has 6 N–H and O–H groups in total. The zero-order valence-corrected chi connectivity index (χ0v) is 35.8. The number of amides is 1. The van der Waals surface area contributed by atoms with E-state index in [1.807, 2.05) is 0 Å². The zero-order valence-electron chi connectivity index (χ0n) is 34.9. The molecular formula is C43H89N2O7P. The summed E-state index contributed by atoms with van der Waals surface area (Å²) in [5.41, 5.74) is 5.37. The Morgan fingerprint density at radius 2 is 0.906 bits per heavy atom. The number of unbranched alkanes of at least 4 members (excludes halogenated alkanes) is 29. The van der Waals surface area contributed by atoms with Crippen LogP contribution in [0.25, 0.3) is 0 Å². The third-order valence-electron chi connectivity index (χ3n) is 10.5. The quantitative estimate of drug-likeness (QED) is 0.0303. The molecule has 0 aliphatic carbocycles. The van der Waals surface area contributed by atoms with Gasteiger partial charge in [-0.2, -0.15) is 0 Å². The van der Waals surface area contributed by atoms with Crippen molar-refractivity contribution in [3.8, 4) is 0 Å². The molecule has 0 aliphatic heterocycles. The number of carbonyl (C=O) groups excluding carboxylic acids is 1. The van der Waals surface area contributed by atoms with Crippen molar-refractivity contribution in [1.29, 1.82) is 0 Å². The molecule has 0 saturated heterocycles. The summed E-state index contributed by atoms with van der Waals surface area (Å²) in [6, 6.07) is -0.890. The van der Waals surface area contributed by atoms with Crippen LogP contribution in [0.3, 0.4) is 0 Å². The molecule has 53 heavy (non-hydrogen) atoms. The molecule has 0 aliphatic rings. The summed E-state index contributed by atoms with van der Waals surface area (Å²) in [5.74, 6) is -0.409. The summed E-state index contributed by atoms with van der Waals surface area (Å²) in [4.78, 5) is 22.8. The molecule has 0 aromatic rings. The SMILES string of the molecule is CCCCCCCCCCCCCCCCCCC(O)C(COP(=O)(O)OCCN)NC(=O)CC(O)CCCCCCCCCCCCCCCCC. The van der Waals surface area contributed by atoms with E-state index in [1.165, 1.54) is 161 Å². The van der Waals surface area contributed by atoms with Crippen LogP contribution in [0.15, 0.2) is 0 Å². The van der Waals surface area contributed by atoms with Crippen LogP contribution < -0.4 is 11.1 Å². The lowest BCUT2D eigenvalue weighted by molar-refractivity contribution is -0.125. The first-order chi connectivity index (χ1) is 25.8. The molecule has 4 unspecified atom stereocenters. The Morgan fingerprint density at radius 1 is 0.566 bits per heavy atom. The van der Waals surface area contributed by atoms with Gasteiger partial charge in [0.1, 0.15) is 0 Å². The van der Waals surface area contributed by atoms with Gasteiger partial charge in [0.2, 0.25) is 5.91 Å². The van der Waals surface area contributed by atoms with Crippen LogP contribution in [0.2, 0.25) is 0 Å². The third kappa shape index (κ3) is 38.1. The van der Waals surface area contributed by atoms with Crippen LogP contribution in [0.1, 0.15) is 232 Å². The maximum Gasteiger partial charge on any atom is 0.472 e. The van der Waals surface area contributed by atoms with Crippen molar-refractivity contribution in [1.82, 2.24) is 5.32 Å². The number of phosphoric acid groups is 1. The van der Waals surface area contributed by atoms with Gasteiger partial charge < -0.3 is 26.2 Å². The van der Waals surface area contributed by atoms with E-state index in [2.05, 4.69) is 19.2 Å². The molecule has 0 aromatic carbocycles. The summed E-state index contributed by atoms with van der Waals surface area (Å²) >= 11 is 0. The highest BCUT2D eigenvalue weighted by molar-refractivity contribution is 7.47. The number of rotatable bonds is 43. The summed E-state index contributed by atoms with van der Waals surface area (Å²) in [6.45, 7) is 4.07. The van der Waals surface area contributed by atoms with Crippen molar-refractivity contribution in [2.24, 2.45) is 5.73 Å². The van der Waals surface area contributed by atoms with Crippen molar-refractivity contribution < 1.29 is 33.5 Å². The number of nitrogens with one attached hydrogen (secondary N) is 1. The average molecular weight is 777 g/mol. The lowest BCUT2D eigenvalue weighted by Crippen LogP contribution is -2.47. The van der Waals surface area contributed by atoms with Crippen LogP contribution in [0, 0.1) is 0 Å². The van der Waals surface area contributed by atoms with Crippen molar-refractivity contribution in [3.63, 3.8) is 0 Å². The number of phosphoric ester groups is 1. The minimum atomic E-state index is -4.37. The molecule has 4 atom stereocenters. The second kappa shape index (κ2) is 39.7. The Morgan fingerprint density at radius 3 is 1.26 bits per heavy atom. The van der Waals surface area contributed by atoms with E-state index in [1.54, 1.807) is 0 Å². The Balaban J connectivity index is 4.22. The molecule has 0 aromatic heterocycles. The largest absolute Gasteiger partial charge is 0.472 e. The lowest BCUT2D eigenvalue weighted by Gasteiger charge is -2.25. The van der Waals surface area contributed by atoms with Crippen molar-refractivity contribution in [2.45, 2.75) is 250 Å². The minimum absolute atomic E-state index is 0.0627. The third-order valence-corrected chi connectivity index (χ3v) is 11.5. The predicted octanol–water partition coefficient (Wildman–Crippen LogP) is 11.6. The normalized spacial score (nSPS) is 14.6. The highest BCUT2D eigenvalue weighted by Gasteiger charge is 2.28. The molecule has 0 rings (SSSR count). The summed E-state index contributed by atoms with van der Waals surface area (Å²) < 4.78 is 22.2. The molecule has 0 radical (unpaired) electrons. The predicted molar refractivity (Wildman–Crippen MR) is 223 cm³/mol. The van der Waals surface area contributed by atoms with Gasteiger partial charge in [0, 0.05) is 6.54 Å². The topological polar surface area (TPSA) is 151 Å². The van der Waals surface area contributed by atoms with Gasteiger partial charge in [0.25, 0.3) is 0 Å². The number of aliphatic hydroxyl groups is 2. The highest BCUT2D eigenvalue weighted by atomic mass is 31.2. The fraction of sp³-hybridized carbons (Fsp3) is 0.977. The van der Waals surface area contributed by atoms with Gasteiger partial charge in [-0.25, -0.2) is 4.57 Å². The van der Waals surface area contributed by atoms with Gasteiger partial charge in [-0.3, -0.25) is 13.8 Å². The van der Waals surface area contributed by atoms with Gasteiger partial charge in [-0.05, 0) is 12.8 Å². The molecule has 1 amide bonds. The van der Waals surface area contributed by atoms with Gasteiger partial charge in [0.05, 0.1) is 37.9 Å². The van der Waals surface area contributed by atoms with Crippen LogP contribution in [0.4, 0.5) is 0 Å². The van der Waals surface area contributed by atoms with Crippen LogP contribution in [-0.2, 0) is 18.4 Å². The summed E-state index contributed by atoms with van der Waals surface area (Å²) in [5, 5.41) is 24.2. The maximum absolute atomic E-state index is 12.8. The Hall–Kier alpha value is -0.540. The first-order valence-corrected chi connectivity index (χ1v) is 24.2. The minimum Gasteiger partial charge on any atom is -0.393 e. The van der Waals surface area contributed by atoms with Crippen molar-refractivity contribution in [3.05, 3.63) is 0 Å². The van der Waals surface area contributed by atoms with Crippen LogP contribution in [-0.4, -0.2) is 59.0 Å². The highest BCUT2D eigenvalue weighted by Crippen LogP contribution is 2.43. The zero-order chi connectivity index (χ0) is 39.1. The second-order valence-corrected chi connectivity index (χ2v) is 17.3. The number of carbonyl (C=O) groups is 1. The Kier molecular flexibility index (Phi) is 39.3. The van der Waals surface area contributed by atoms with Gasteiger partial charge in [-0.15, -0.1) is 0 Å². The van der Waals surface area contributed by atoms with Crippen molar-refractivity contribution in [2.75, 3.05) is 19.8 Å². The molecule has 0 bridgehead atoms. The Labute approximate surface area is 327 Å². The number of nitrogens with two attached hydrogens (primary N) is 1. The second-order valence-electron chi connectivity index (χ2n) is 15.8. The van der Waals surface area contributed by atoms with E-state index < -0.39 is 32.0 Å². The fourth-order valence-electron chi connectivity index (χ4n) is 7.06. The average Bonchev–Trinajstić information content (AvgIpc) is 3.13. The van der Waals surface area contributed by atoms with Gasteiger partial charge in [0.15, 0.2) is 0 Å². The number of hydrogen-bond donors (Lipinski definition) is 5. The van der Waals surface area contributed by atoms with Crippen LogP contribution >= 0.6 is 7.82 Å². The molecule has 0 fully saturated rings. The molecule has 9 nitrogen and oxygen atoms in total. The van der Waals surface area contributed by atoms with E-state index in [9.17, 15) is 24.5 Å². The van der Waals surface area contributed by atoms with E-state index >= 15 is 0 Å². The molecule has 0 saturated carbocycles. The van der Waals surface area contributed by atoms with E-state index in [-0.39, 0.29) is 26.2 Å². The van der Waals surface area contributed by atoms with E-state index in [4.69, 9.17) is 14.8 Å². The molecule has 318 valence electrons. The summed E-state index contributed by atoms with van der Waals surface area (Å²) in [7, 11) is -4.37. The monoisotopic (exact) mass is 777 g/mol. The van der Waals surface area contributed by atoms with Crippen LogP contribution in [0.5, 0.6) is 0 Å². The molecule has 0 heterocycles. The van der Waals surface area contributed by atoms with E-state index in [0.717, 1.165) is 38.5 Å². The van der Waals surface area contributed by atoms with Gasteiger partial charge in [-0.1, -0.05) is 213 Å². The lowest BCUT2D eigenvalue weighted by atomic mass is 10.0. The summed E-state index contributed by atoms with van der Waals surface area (Å²) in [6.07, 6.45) is 38.5. The van der Waals surface area contributed by atoms with Gasteiger partial charge >= 0.3 is 7.82 Å². The first kappa shape index (κ1) is 52.5. The molecule has 0 spiro atoms. The standard InChI is InChI=1S/C43H89N2O7P/c1-3-5-7-9-11-13-15-17-19-21-23-25-27-29-31-33-35-42(47)41(39-52-53(49,50)51-37-36-44)45-43(48)38-40(46)34-32-30-28-26-24-22-20-18-16-14-12-10-8-6-4-2/h40-42,46-47H,3-39,44H2,1-2H3,(H,45,48)(H,49,50). The first-order valence-electron chi connectivity index (χ1n) is 22.7. The molecular weight excluding hydrogens is 687 g/mol. The maximum atomic E-state index is 12.8. The van der Waals surface area contributed by atoms with Crippen molar-refractivity contribution >= 4 is 13.7 Å². The van der Waals surface area contributed by atoms with E-state index in [0.29, 0.717) is 12.8 Å². The Bertz CT molecular complexity index is 822. The number of hydrogen-bond acceptors (Lipinski definition) is 7. The number of aliphatic hydroxyl groups excluding tert-OH is 2.